The second-order valence-corrected chi connectivity index (χ2v) is 9.69. The standard InChI is InChI=1S/C21H18BrClFN3O3S/c1-12-3-6-16(25-21(28)26-19-9-13(2)17(22)11-18(19)24)10-20(12)31(29,30)27-15-7-4-14(23)5-8-15/h3-11,27H,1-2H3,(H2,25,26,28). The molecule has 6 nitrogen and oxygen atoms in total. The summed E-state index contributed by atoms with van der Waals surface area (Å²) in [6.07, 6.45) is 0. The van der Waals surface area contributed by atoms with Gasteiger partial charge in [-0.15, -0.1) is 0 Å². The van der Waals surface area contributed by atoms with E-state index in [0.29, 0.717) is 20.7 Å². The van der Waals surface area contributed by atoms with Gasteiger partial charge in [0.15, 0.2) is 0 Å². The van der Waals surface area contributed by atoms with E-state index in [1.807, 2.05) is 0 Å². The summed E-state index contributed by atoms with van der Waals surface area (Å²) in [5, 5.41) is 5.43. The van der Waals surface area contributed by atoms with Crippen LogP contribution in [0.15, 0.2) is 64.0 Å². The fourth-order valence-corrected chi connectivity index (χ4v) is 4.50. The summed E-state index contributed by atoms with van der Waals surface area (Å²) in [5.41, 5.74) is 1.81. The Morgan fingerprint density at radius 1 is 0.935 bits per heavy atom. The quantitative estimate of drug-likeness (QED) is 0.364. The highest BCUT2D eigenvalue weighted by Gasteiger charge is 2.18. The molecular weight excluding hydrogens is 509 g/mol. The number of hydrogen-bond acceptors (Lipinski definition) is 3. The highest BCUT2D eigenvalue weighted by atomic mass is 79.9. The Labute approximate surface area is 193 Å². The smallest absolute Gasteiger partial charge is 0.308 e. The SMILES string of the molecule is Cc1cc(NC(=O)Nc2ccc(C)c(S(=O)(=O)Nc3ccc(Cl)cc3)c2)c(F)cc1Br. The van der Waals surface area contributed by atoms with E-state index in [4.69, 9.17) is 11.6 Å². The van der Waals surface area contributed by atoms with Gasteiger partial charge in [-0.3, -0.25) is 4.72 Å². The molecule has 0 aliphatic rings. The molecule has 0 aromatic heterocycles. The average molecular weight is 527 g/mol. The van der Waals surface area contributed by atoms with Crippen molar-refractivity contribution in [2.24, 2.45) is 0 Å². The minimum absolute atomic E-state index is 0.00237. The molecule has 0 aliphatic carbocycles. The number of carbonyl (C=O) groups is 1. The van der Waals surface area contributed by atoms with Crippen molar-refractivity contribution in [3.8, 4) is 0 Å². The molecule has 10 heteroatoms. The van der Waals surface area contributed by atoms with Crippen LogP contribution >= 0.6 is 27.5 Å². The predicted octanol–water partition coefficient (Wildman–Crippen LogP) is 6.30. The first-order valence-corrected chi connectivity index (χ1v) is 11.6. The minimum atomic E-state index is -3.92. The van der Waals surface area contributed by atoms with Crippen molar-refractivity contribution in [1.82, 2.24) is 0 Å². The Balaban J connectivity index is 1.79. The number of hydrogen-bond donors (Lipinski definition) is 3. The Bertz CT molecular complexity index is 1250. The van der Waals surface area contributed by atoms with Crippen molar-refractivity contribution in [3.05, 3.63) is 81.0 Å². The minimum Gasteiger partial charge on any atom is -0.308 e. The number of halogens is 3. The van der Waals surface area contributed by atoms with Gasteiger partial charge in [-0.2, -0.15) is 0 Å². The number of carbonyl (C=O) groups excluding carboxylic acids is 1. The zero-order valence-electron chi connectivity index (χ0n) is 16.5. The molecule has 31 heavy (non-hydrogen) atoms. The lowest BCUT2D eigenvalue weighted by molar-refractivity contribution is 0.262. The van der Waals surface area contributed by atoms with Gasteiger partial charge in [0.2, 0.25) is 0 Å². The van der Waals surface area contributed by atoms with Gasteiger partial charge in [-0.25, -0.2) is 17.6 Å². The number of rotatable bonds is 5. The first kappa shape index (κ1) is 23.1. The molecule has 3 aromatic rings. The molecule has 0 aliphatic heterocycles. The number of nitrogens with one attached hydrogen (secondary N) is 3. The second-order valence-electron chi connectivity index (χ2n) is 6.75. The van der Waals surface area contributed by atoms with Crippen LogP contribution in [0.1, 0.15) is 11.1 Å². The molecule has 3 aromatic carbocycles. The highest BCUT2D eigenvalue weighted by Crippen LogP contribution is 2.26. The fourth-order valence-electron chi connectivity index (χ4n) is 2.73. The van der Waals surface area contributed by atoms with E-state index in [1.54, 1.807) is 50.2 Å². The Hall–Kier alpha value is -2.62. The van der Waals surface area contributed by atoms with Crippen LogP contribution in [-0.4, -0.2) is 14.4 Å². The normalized spacial score (nSPS) is 11.1. The van der Waals surface area contributed by atoms with Crippen LogP contribution in [0.25, 0.3) is 0 Å². The van der Waals surface area contributed by atoms with Crippen LogP contribution in [0.2, 0.25) is 5.02 Å². The molecule has 0 spiro atoms. The average Bonchev–Trinajstić information content (AvgIpc) is 2.69. The fraction of sp³-hybridized carbons (Fsp3) is 0.0952. The second kappa shape index (κ2) is 9.25. The zero-order valence-corrected chi connectivity index (χ0v) is 19.6. The van der Waals surface area contributed by atoms with Crippen LogP contribution in [0, 0.1) is 19.7 Å². The molecular formula is C21H18BrClFN3O3S. The highest BCUT2D eigenvalue weighted by molar-refractivity contribution is 9.10. The number of anilines is 3. The van der Waals surface area contributed by atoms with Crippen LogP contribution < -0.4 is 15.4 Å². The summed E-state index contributed by atoms with van der Waals surface area (Å²) in [4.78, 5) is 12.3. The van der Waals surface area contributed by atoms with Crippen LogP contribution in [0.5, 0.6) is 0 Å². The van der Waals surface area contributed by atoms with E-state index in [9.17, 15) is 17.6 Å². The van der Waals surface area contributed by atoms with E-state index in [2.05, 4.69) is 31.3 Å². The van der Waals surface area contributed by atoms with Crippen molar-refractivity contribution in [1.29, 1.82) is 0 Å². The third kappa shape index (κ3) is 5.75. The first-order valence-electron chi connectivity index (χ1n) is 8.98. The lowest BCUT2D eigenvalue weighted by Gasteiger charge is -2.14. The molecule has 0 atom stereocenters. The summed E-state index contributed by atoms with van der Waals surface area (Å²) in [7, 11) is -3.92. The van der Waals surface area contributed by atoms with Crippen LogP contribution in [0.3, 0.4) is 0 Å². The van der Waals surface area contributed by atoms with Crippen LogP contribution in [0.4, 0.5) is 26.2 Å². The molecule has 0 radical (unpaired) electrons. The van der Waals surface area contributed by atoms with E-state index in [-0.39, 0.29) is 16.3 Å². The summed E-state index contributed by atoms with van der Waals surface area (Å²) < 4.78 is 42.8. The third-order valence-corrected chi connectivity index (χ3v) is 6.96. The first-order chi connectivity index (χ1) is 14.5. The van der Waals surface area contributed by atoms with Crippen LogP contribution in [-0.2, 0) is 10.0 Å². The Morgan fingerprint density at radius 3 is 2.26 bits per heavy atom. The summed E-state index contributed by atoms with van der Waals surface area (Å²) in [6, 6.07) is 12.7. The molecule has 0 fully saturated rings. The maximum absolute atomic E-state index is 14.1. The summed E-state index contributed by atoms with van der Waals surface area (Å²) in [5.74, 6) is -0.605. The van der Waals surface area contributed by atoms with Gasteiger partial charge in [0.05, 0.1) is 10.6 Å². The number of urea groups is 1. The van der Waals surface area contributed by atoms with Gasteiger partial charge >= 0.3 is 6.03 Å². The number of benzene rings is 3. The van der Waals surface area contributed by atoms with E-state index in [0.717, 1.165) is 5.56 Å². The number of aryl methyl sites for hydroxylation is 2. The lowest BCUT2D eigenvalue weighted by atomic mass is 10.2. The van der Waals surface area contributed by atoms with Crippen molar-refractivity contribution in [2.75, 3.05) is 15.4 Å². The Kier molecular flexibility index (Phi) is 6.88. The van der Waals surface area contributed by atoms with E-state index >= 15 is 0 Å². The van der Waals surface area contributed by atoms with Gasteiger partial charge in [0.25, 0.3) is 10.0 Å². The van der Waals surface area contributed by atoms with Crippen molar-refractivity contribution >= 4 is 60.6 Å². The van der Waals surface area contributed by atoms with Gasteiger partial charge in [0, 0.05) is 20.9 Å². The summed E-state index contributed by atoms with van der Waals surface area (Å²) >= 11 is 9.05. The van der Waals surface area contributed by atoms with Gasteiger partial charge in [0.1, 0.15) is 5.82 Å². The van der Waals surface area contributed by atoms with Crippen molar-refractivity contribution in [3.63, 3.8) is 0 Å². The third-order valence-electron chi connectivity index (χ3n) is 4.33. The zero-order chi connectivity index (χ0) is 22.8. The summed E-state index contributed by atoms with van der Waals surface area (Å²) in [6.45, 7) is 3.40. The molecule has 2 amide bonds. The predicted molar refractivity (Wildman–Crippen MR) is 125 cm³/mol. The molecule has 0 unspecified atom stereocenters. The number of sulfonamides is 1. The topological polar surface area (TPSA) is 87.3 Å². The molecule has 3 N–H and O–H groups in total. The van der Waals surface area contributed by atoms with Gasteiger partial charge in [-0.1, -0.05) is 33.6 Å². The largest absolute Gasteiger partial charge is 0.323 e. The molecule has 0 saturated carbocycles. The molecule has 0 heterocycles. The molecule has 162 valence electrons. The monoisotopic (exact) mass is 525 g/mol. The van der Waals surface area contributed by atoms with E-state index in [1.165, 1.54) is 18.2 Å². The van der Waals surface area contributed by atoms with Crippen molar-refractivity contribution in [2.45, 2.75) is 18.7 Å². The lowest BCUT2D eigenvalue weighted by Crippen LogP contribution is -2.21. The molecule has 0 bridgehead atoms. The van der Waals surface area contributed by atoms with Gasteiger partial charge < -0.3 is 10.6 Å². The van der Waals surface area contributed by atoms with E-state index < -0.39 is 21.9 Å². The van der Waals surface area contributed by atoms with Crippen molar-refractivity contribution < 1.29 is 17.6 Å². The van der Waals surface area contributed by atoms with Gasteiger partial charge in [-0.05, 0) is 73.5 Å². The Morgan fingerprint density at radius 2 is 1.58 bits per heavy atom. The number of amides is 2. The maximum atomic E-state index is 14.1. The maximum Gasteiger partial charge on any atom is 0.323 e. The molecule has 3 rings (SSSR count). The molecule has 0 saturated heterocycles.